The Morgan fingerprint density at radius 3 is 2.48 bits per heavy atom. The van der Waals surface area contributed by atoms with Crippen LogP contribution >= 0.6 is 33.9 Å². The molecule has 0 aliphatic carbocycles. The van der Waals surface area contributed by atoms with Crippen molar-refractivity contribution in [3.63, 3.8) is 0 Å². The molecule has 0 saturated heterocycles. The summed E-state index contributed by atoms with van der Waals surface area (Å²) in [7, 11) is 0. The van der Waals surface area contributed by atoms with Gasteiger partial charge in [0.15, 0.2) is 16.3 Å². The van der Waals surface area contributed by atoms with Crippen LogP contribution in [0.3, 0.4) is 0 Å². The molecule has 10 nitrogen and oxygen atoms in total. The minimum Gasteiger partial charge on any atom is -0.490 e. The Balaban J connectivity index is 1.39. The fourth-order valence-electron chi connectivity index (χ4n) is 5.59. The Hall–Kier alpha value is -4.82. The Kier molecular flexibility index (Phi) is 9.73. The molecule has 244 valence electrons. The molecule has 0 bridgehead atoms. The van der Waals surface area contributed by atoms with E-state index in [1.807, 2.05) is 37.3 Å². The summed E-state index contributed by atoms with van der Waals surface area (Å²) < 4.78 is 20.3. The molecule has 0 amide bonds. The van der Waals surface area contributed by atoms with Crippen molar-refractivity contribution in [2.45, 2.75) is 33.4 Å². The number of halogens is 1. The van der Waals surface area contributed by atoms with Crippen LogP contribution in [0.4, 0.5) is 5.69 Å². The van der Waals surface area contributed by atoms with Gasteiger partial charge in [0.25, 0.3) is 11.2 Å². The average molecular weight is 776 g/mol. The zero-order chi connectivity index (χ0) is 33.9. The Morgan fingerprint density at radius 2 is 1.77 bits per heavy atom. The van der Waals surface area contributed by atoms with Gasteiger partial charge in [-0.1, -0.05) is 47.7 Å². The van der Waals surface area contributed by atoms with Gasteiger partial charge in [-0.2, -0.15) is 0 Å². The SMILES string of the molecule is CCOC(=O)C1=C(C)N=c2s/c(=C/c3cc(I)c(OCc4ccc5ccccc5c4)c(OCC)c3)c(=O)n2[C@H]1c1ccc([N+](=O)[O-])cc1. The third kappa shape index (κ3) is 6.62. The van der Waals surface area contributed by atoms with Crippen molar-refractivity contribution in [2.24, 2.45) is 4.99 Å². The number of aromatic nitrogens is 1. The molecular formula is C36H30IN3O7S. The van der Waals surface area contributed by atoms with Gasteiger partial charge in [0.2, 0.25) is 0 Å². The lowest BCUT2D eigenvalue weighted by Crippen LogP contribution is -2.39. The lowest BCUT2D eigenvalue weighted by Gasteiger charge is -2.24. The van der Waals surface area contributed by atoms with E-state index in [0.29, 0.717) is 45.3 Å². The van der Waals surface area contributed by atoms with Crippen LogP contribution in [0.5, 0.6) is 11.5 Å². The van der Waals surface area contributed by atoms with Crippen molar-refractivity contribution in [3.05, 3.63) is 140 Å². The maximum Gasteiger partial charge on any atom is 0.338 e. The summed E-state index contributed by atoms with van der Waals surface area (Å²) in [5.74, 6) is 0.553. The molecule has 2 heterocycles. The van der Waals surface area contributed by atoms with E-state index in [9.17, 15) is 19.7 Å². The van der Waals surface area contributed by atoms with Crippen LogP contribution in [0.15, 0.2) is 99.9 Å². The second-order valence-corrected chi connectivity index (χ2v) is 13.1. The molecule has 48 heavy (non-hydrogen) atoms. The summed E-state index contributed by atoms with van der Waals surface area (Å²) in [6.07, 6.45) is 1.76. The molecule has 4 aromatic carbocycles. The highest BCUT2D eigenvalue weighted by Gasteiger charge is 2.33. The van der Waals surface area contributed by atoms with Gasteiger partial charge in [-0.3, -0.25) is 19.5 Å². The van der Waals surface area contributed by atoms with Gasteiger partial charge in [-0.15, -0.1) is 0 Å². The van der Waals surface area contributed by atoms with Gasteiger partial charge in [-0.25, -0.2) is 9.79 Å². The van der Waals surface area contributed by atoms with Crippen molar-refractivity contribution >= 4 is 62.4 Å². The van der Waals surface area contributed by atoms with Crippen molar-refractivity contribution in [3.8, 4) is 11.5 Å². The number of non-ortho nitro benzene ring substituents is 1. The summed E-state index contributed by atoms with van der Waals surface area (Å²) >= 11 is 3.40. The highest BCUT2D eigenvalue weighted by Crippen LogP contribution is 2.36. The number of nitrogens with zero attached hydrogens (tertiary/aromatic N) is 3. The number of thiazole rings is 1. The number of hydrogen-bond acceptors (Lipinski definition) is 9. The number of esters is 1. The monoisotopic (exact) mass is 775 g/mol. The summed E-state index contributed by atoms with van der Waals surface area (Å²) in [5, 5.41) is 13.6. The highest BCUT2D eigenvalue weighted by atomic mass is 127. The van der Waals surface area contributed by atoms with Crippen molar-refractivity contribution in [2.75, 3.05) is 13.2 Å². The minimum absolute atomic E-state index is 0.103. The smallest absolute Gasteiger partial charge is 0.338 e. The summed E-state index contributed by atoms with van der Waals surface area (Å²) in [6, 6.07) is 23.1. The number of nitro benzene ring substituents is 1. The Bertz CT molecular complexity index is 2280. The van der Waals surface area contributed by atoms with Crippen molar-refractivity contribution < 1.29 is 23.9 Å². The molecule has 1 aliphatic rings. The topological polar surface area (TPSA) is 122 Å². The number of hydrogen-bond donors (Lipinski definition) is 0. The zero-order valence-electron chi connectivity index (χ0n) is 26.3. The Morgan fingerprint density at radius 1 is 1.02 bits per heavy atom. The number of carbonyl (C=O) groups is 1. The maximum atomic E-state index is 14.1. The van der Waals surface area contributed by atoms with Gasteiger partial charge >= 0.3 is 5.97 Å². The van der Waals surface area contributed by atoms with Gasteiger partial charge in [-0.05, 0) is 107 Å². The molecule has 0 spiro atoms. The Labute approximate surface area is 292 Å². The molecular weight excluding hydrogens is 745 g/mol. The third-order valence-electron chi connectivity index (χ3n) is 7.76. The normalized spacial score (nSPS) is 14.4. The van der Waals surface area contributed by atoms with E-state index < -0.39 is 16.9 Å². The van der Waals surface area contributed by atoms with Gasteiger partial charge < -0.3 is 14.2 Å². The first kappa shape index (κ1) is 33.1. The van der Waals surface area contributed by atoms with Crippen LogP contribution in [-0.4, -0.2) is 28.7 Å². The third-order valence-corrected chi connectivity index (χ3v) is 9.55. The quantitative estimate of drug-likeness (QED) is 0.0693. The van der Waals surface area contributed by atoms with Crippen molar-refractivity contribution in [1.82, 2.24) is 4.57 Å². The van der Waals surface area contributed by atoms with E-state index in [0.717, 1.165) is 25.5 Å². The number of ether oxygens (including phenoxy) is 3. The molecule has 0 N–H and O–H groups in total. The van der Waals surface area contributed by atoms with Crippen LogP contribution < -0.4 is 24.4 Å². The van der Waals surface area contributed by atoms with Crippen LogP contribution in [0, 0.1) is 13.7 Å². The first-order chi connectivity index (χ1) is 23.2. The van der Waals surface area contributed by atoms with E-state index >= 15 is 0 Å². The molecule has 1 atom stereocenters. The summed E-state index contributed by atoms with van der Waals surface area (Å²) in [6.45, 7) is 6.18. The lowest BCUT2D eigenvalue weighted by atomic mass is 9.95. The summed E-state index contributed by atoms with van der Waals surface area (Å²) in [5.41, 5.74) is 2.41. The van der Waals surface area contributed by atoms with Crippen molar-refractivity contribution in [1.29, 1.82) is 0 Å². The number of rotatable bonds is 10. The first-order valence-electron chi connectivity index (χ1n) is 15.2. The molecule has 12 heteroatoms. The van der Waals surface area contributed by atoms with E-state index in [4.69, 9.17) is 14.2 Å². The van der Waals surface area contributed by atoms with Crippen LogP contribution in [-0.2, 0) is 16.1 Å². The number of fused-ring (bicyclic) bond motifs is 2. The van der Waals surface area contributed by atoms with Gasteiger partial charge in [0.1, 0.15) is 6.61 Å². The lowest BCUT2D eigenvalue weighted by molar-refractivity contribution is -0.384. The predicted octanol–water partition coefficient (Wildman–Crippen LogP) is 6.44. The molecule has 0 radical (unpaired) electrons. The second-order valence-electron chi connectivity index (χ2n) is 10.9. The molecule has 0 saturated carbocycles. The number of allylic oxidation sites excluding steroid dienone is 1. The molecule has 1 aromatic heterocycles. The standard InChI is InChI=1S/C36H30IN3O7S/c1-4-45-29-18-23(17-28(37)33(29)47-20-22-10-11-24-8-6-7-9-26(24)16-22)19-30-34(41)39-32(25-12-14-27(15-13-25)40(43)44)31(35(42)46-5-2)21(3)38-36(39)48-30/h6-19,32H,4-5,20H2,1-3H3/b30-19+/t32-/m0/s1. The highest BCUT2D eigenvalue weighted by molar-refractivity contribution is 14.1. The van der Waals surface area contributed by atoms with E-state index in [1.165, 1.54) is 28.0 Å². The zero-order valence-corrected chi connectivity index (χ0v) is 29.2. The van der Waals surface area contributed by atoms with Crippen LogP contribution in [0.25, 0.3) is 16.8 Å². The average Bonchev–Trinajstić information content (AvgIpc) is 3.37. The van der Waals surface area contributed by atoms with Gasteiger partial charge in [0.05, 0.1) is 43.6 Å². The molecule has 1 aliphatic heterocycles. The molecule has 0 fully saturated rings. The summed E-state index contributed by atoms with van der Waals surface area (Å²) in [4.78, 5) is 43.1. The second kappa shape index (κ2) is 14.1. The van der Waals surface area contributed by atoms with E-state index in [-0.39, 0.29) is 23.4 Å². The molecule has 5 aromatic rings. The van der Waals surface area contributed by atoms with E-state index in [1.54, 1.807) is 32.1 Å². The predicted molar refractivity (Wildman–Crippen MR) is 192 cm³/mol. The van der Waals surface area contributed by atoms with Gasteiger partial charge in [0, 0.05) is 12.1 Å². The fraction of sp³-hybridized carbons (Fsp3) is 0.194. The largest absolute Gasteiger partial charge is 0.490 e. The number of benzene rings is 4. The minimum atomic E-state index is -0.881. The number of carbonyl (C=O) groups excluding carboxylic acids is 1. The van der Waals surface area contributed by atoms with Crippen LogP contribution in [0.2, 0.25) is 0 Å². The van der Waals surface area contributed by atoms with Crippen LogP contribution in [0.1, 0.15) is 43.5 Å². The number of nitro groups is 1. The molecule has 0 unspecified atom stereocenters. The first-order valence-corrected chi connectivity index (χ1v) is 17.1. The van der Waals surface area contributed by atoms with E-state index in [2.05, 4.69) is 51.8 Å². The fourth-order valence-corrected chi connectivity index (χ4v) is 7.42. The maximum absolute atomic E-state index is 14.1. The molecule has 6 rings (SSSR count).